The first-order chi connectivity index (χ1) is 5.36. The molecule has 0 unspecified atom stereocenters. The third-order valence-electron chi connectivity index (χ3n) is 1.15. The van der Waals surface area contributed by atoms with Gasteiger partial charge in [-0.2, -0.15) is 5.10 Å². The number of hydrogen-bond donors (Lipinski definition) is 1. The van der Waals surface area contributed by atoms with Crippen molar-refractivity contribution in [2.75, 3.05) is 0 Å². The summed E-state index contributed by atoms with van der Waals surface area (Å²) in [5, 5.41) is 13.2. The first kappa shape index (κ1) is 9.08. The number of aromatic nitrogens is 5. The number of halogens is 1. The Labute approximate surface area is 78.8 Å². The summed E-state index contributed by atoms with van der Waals surface area (Å²) in [6, 6.07) is 0. The molecule has 0 fully saturated rings. The van der Waals surface area contributed by atoms with Gasteiger partial charge in [-0.1, -0.05) is 16.3 Å². The van der Waals surface area contributed by atoms with E-state index in [-0.39, 0.29) is 12.4 Å². The largest absolute Gasteiger partial charge is 1.00 e. The van der Waals surface area contributed by atoms with Crippen LogP contribution in [-0.2, 0) is 0 Å². The van der Waals surface area contributed by atoms with Crippen LogP contribution in [0.3, 0.4) is 0 Å². The normalized spacial score (nSPS) is 9.42. The Balaban J connectivity index is 0.000000720. The molecular weight excluding hydrogens is 198 g/mol. The van der Waals surface area contributed by atoms with Crippen molar-refractivity contribution in [3.05, 3.63) is 17.4 Å². The molecule has 0 radical (unpaired) electrons. The van der Waals surface area contributed by atoms with E-state index in [0.29, 0.717) is 0 Å². The van der Waals surface area contributed by atoms with E-state index in [2.05, 4.69) is 20.4 Å². The minimum atomic E-state index is 0. The van der Waals surface area contributed by atoms with E-state index in [0.717, 1.165) is 11.0 Å². The molecule has 0 saturated heterocycles. The highest BCUT2D eigenvalue weighted by atomic mass is 35.5. The molecular formula is C5H6ClN5S. The van der Waals surface area contributed by atoms with Gasteiger partial charge in [-0.05, 0) is 4.80 Å². The van der Waals surface area contributed by atoms with Crippen LogP contribution < -0.4 is 17.2 Å². The van der Waals surface area contributed by atoms with Crippen LogP contribution in [-0.4, -0.2) is 20.4 Å². The van der Waals surface area contributed by atoms with Gasteiger partial charge in [-0.25, -0.2) is 0 Å². The smallest absolute Gasteiger partial charge is 0.363 e. The molecule has 0 atom stereocenters. The van der Waals surface area contributed by atoms with Gasteiger partial charge in [0.2, 0.25) is 5.82 Å². The topological polar surface area (TPSA) is 58.3 Å². The van der Waals surface area contributed by atoms with E-state index < -0.39 is 0 Å². The Bertz CT molecular complexity index is 342. The molecule has 2 heterocycles. The summed E-state index contributed by atoms with van der Waals surface area (Å²) in [4.78, 5) is 5.59. The molecule has 2 aromatic heterocycles. The van der Waals surface area contributed by atoms with Crippen LogP contribution >= 0.6 is 11.3 Å². The summed E-state index contributed by atoms with van der Waals surface area (Å²) >= 11 is 1.51. The van der Waals surface area contributed by atoms with Crippen LogP contribution in [0.1, 0.15) is 5.82 Å². The van der Waals surface area contributed by atoms with Gasteiger partial charge in [0.1, 0.15) is 6.20 Å². The molecule has 0 spiro atoms. The highest BCUT2D eigenvalue weighted by Gasteiger charge is 2.09. The number of thiazole rings is 1. The van der Waals surface area contributed by atoms with Crippen molar-refractivity contribution in [2.45, 2.75) is 6.92 Å². The second-order valence-corrected chi connectivity index (χ2v) is 2.89. The predicted octanol–water partition coefficient (Wildman–Crippen LogP) is -3.15. The van der Waals surface area contributed by atoms with Gasteiger partial charge in [0.05, 0.1) is 5.21 Å². The fourth-order valence-electron chi connectivity index (χ4n) is 0.716. The molecule has 0 saturated carbocycles. The van der Waals surface area contributed by atoms with E-state index in [1.165, 1.54) is 11.3 Å². The molecule has 0 aliphatic carbocycles. The molecule has 0 bridgehead atoms. The molecule has 0 aliphatic heterocycles. The zero-order chi connectivity index (χ0) is 7.68. The van der Waals surface area contributed by atoms with E-state index in [9.17, 15) is 0 Å². The fraction of sp³-hybridized carbons (Fsp3) is 0.200. The Morgan fingerprint density at radius 1 is 1.58 bits per heavy atom. The standard InChI is InChI=1S/C5H5N5S.ClH/c1-4-7-9-10(8-4)5-6-2-3-11-5;/h2-3H,1H3;1H. The second kappa shape index (κ2) is 3.59. The molecule has 2 aromatic rings. The number of tetrazole rings is 1. The van der Waals surface area contributed by atoms with Crippen LogP contribution in [0.15, 0.2) is 11.6 Å². The van der Waals surface area contributed by atoms with Gasteiger partial charge in [0.15, 0.2) is 0 Å². The van der Waals surface area contributed by atoms with Crippen molar-refractivity contribution in [3.63, 3.8) is 0 Å². The molecule has 7 heteroatoms. The van der Waals surface area contributed by atoms with E-state index in [1.807, 2.05) is 12.3 Å². The summed E-state index contributed by atoms with van der Waals surface area (Å²) in [5.41, 5.74) is 0. The van der Waals surface area contributed by atoms with Crippen molar-refractivity contribution in [2.24, 2.45) is 0 Å². The van der Waals surface area contributed by atoms with Crippen LogP contribution in [0.4, 0.5) is 0 Å². The molecule has 1 N–H and O–H groups in total. The van der Waals surface area contributed by atoms with Crippen molar-refractivity contribution >= 4 is 11.3 Å². The van der Waals surface area contributed by atoms with Gasteiger partial charge in [0, 0.05) is 17.4 Å². The van der Waals surface area contributed by atoms with Crippen LogP contribution in [0, 0.1) is 6.92 Å². The van der Waals surface area contributed by atoms with Crippen molar-refractivity contribution in [1.82, 2.24) is 20.4 Å². The Kier molecular flexibility index (Phi) is 2.72. The monoisotopic (exact) mass is 203 g/mol. The molecule has 0 aliphatic rings. The van der Waals surface area contributed by atoms with Crippen molar-refractivity contribution in [1.29, 1.82) is 0 Å². The fourth-order valence-corrected chi connectivity index (χ4v) is 1.26. The predicted molar refractivity (Wildman–Crippen MR) is 38.3 cm³/mol. The van der Waals surface area contributed by atoms with Crippen LogP contribution in [0.2, 0.25) is 0 Å². The van der Waals surface area contributed by atoms with Gasteiger partial charge < -0.3 is 12.4 Å². The Morgan fingerprint density at radius 2 is 2.42 bits per heavy atom. The van der Waals surface area contributed by atoms with Gasteiger partial charge in [-0.15, -0.1) is 0 Å². The second-order valence-electron chi connectivity index (χ2n) is 2.01. The molecule has 5 nitrogen and oxygen atoms in total. The van der Waals surface area contributed by atoms with Gasteiger partial charge in [0.25, 0.3) is 0 Å². The Morgan fingerprint density at radius 3 is 2.92 bits per heavy atom. The maximum absolute atomic E-state index is 4.05. The SMILES string of the molecule is Cc1nn[n+](-c2nccs2)[nH]1.[Cl-]. The van der Waals surface area contributed by atoms with E-state index in [1.54, 1.807) is 11.0 Å². The summed E-state index contributed by atoms with van der Waals surface area (Å²) in [6.07, 6.45) is 1.73. The van der Waals surface area contributed by atoms with Gasteiger partial charge in [-0.3, -0.25) is 0 Å². The minimum Gasteiger partial charge on any atom is -1.00 e. The lowest BCUT2D eigenvalue weighted by Gasteiger charge is -1.78. The lowest BCUT2D eigenvalue weighted by atomic mass is 10.8. The summed E-state index contributed by atoms with van der Waals surface area (Å²) in [6.45, 7) is 1.84. The summed E-state index contributed by atoms with van der Waals surface area (Å²) < 4.78 is 0. The highest BCUT2D eigenvalue weighted by Crippen LogP contribution is 2.00. The first-order valence-corrected chi connectivity index (χ1v) is 3.96. The number of nitrogens with one attached hydrogen (secondary N) is 1. The third kappa shape index (κ3) is 1.59. The number of aryl methyl sites for hydroxylation is 1. The highest BCUT2D eigenvalue weighted by molar-refractivity contribution is 7.11. The molecule has 12 heavy (non-hydrogen) atoms. The number of rotatable bonds is 1. The summed E-state index contributed by atoms with van der Waals surface area (Å²) in [7, 11) is 0. The number of nitrogens with zero attached hydrogens (tertiary/aromatic N) is 4. The Hall–Kier alpha value is -1.01. The number of hydrogen-bond acceptors (Lipinski definition) is 4. The lowest BCUT2D eigenvalue weighted by Crippen LogP contribution is -3.00. The maximum atomic E-state index is 4.05. The third-order valence-corrected chi connectivity index (χ3v) is 1.90. The van der Waals surface area contributed by atoms with Crippen LogP contribution in [0.25, 0.3) is 5.13 Å². The average molecular weight is 204 g/mol. The first-order valence-electron chi connectivity index (χ1n) is 3.08. The van der Waals surface area contributed by atoms with Crippen LogP contribution in [0.5, 0.6) is 0 Å². The molecule has 0 amide bonds. The zero-order valence-corrected chi connectivity index (χ0v) is 7.80. The minimum absolute atomic E-state index is 0. The van der Waals surface area contributed by atoms with E-state index >= 15 is 0 Å². The molecule has 2 rings (SSSR count). The maximum Gasteiger partial charge on any atom is 0.363 e. The number of aromatic amines is 1. The van der Waals surface area contributed by atoms with Crippen molar-refractivity contribution in [3.8, 4) is 5.13 Å². The average Bonchev–Trinajstić information content (AvgIpc) is 2.55. The van der Waals surface area contributed by atoms with E-state index in [4.69, 9.17) is 0 Å². The summed E-state index contributed by atoms with van der Waals surface area (Å²) in [5.74, 6) is 0.778. The molecule has 64 valence electrons. The molecule has 0 aromatic carbocycles. The van der Waals surface area contributed by atoms with Gasteiger partial charge >= 0.3 is 5.13 Å². The lowest BCUT2D eigenvalue weighted by molar-refractivity contribution is -0.716. The number of H-pyrrole nitrogens is 1. The van der Waals surface area contributed by atoms with Crippen molar-refractivity contribution < 1.29 is 17.2 Å². The quantitative estimate of drug-likeness (QED) is 0.498. The zero-order valence-electron chi connectivity index (χ0n) is 6.23.